The second-order valence-electron chi connectivity index (χ2n) is 11.4. The van der Waals surface area contributed by atoms with Crippen LogP contribution in [0.1, 0.15) is 62.1 Å². The summed E-state index contributed by atoms with van der Waals surface area (Å²) in [7, 11) is -1.07. The van der Waals surface area contributed by atoms with Crippen LogP contribution in [0.4, 0.5) is 11.8 Å². The van der Waals surface area contributed by atoms with E-state index in [9.17, 15) is 9.32 Å². The Morgan fingerprint density at radius 3 is 2.38 bits per heavy atom. The third-order valence-corrected chi connectivity index (χ3v) is 11.1. The number of benzene rings is 1. The largest absolute Gasteiger partial charge is 0.394 e. The number of anilines is 2. The number of aliphatic hydroxyl groups excluding tert-OH is 1. The predicted octanol–water partition coefficient (Wildman–Crippen LogP) is 4.24. The van der Waals surface area contributed by atoms with Crippen molar-refractivity contribution in [2.24, 2.45) is 11.8 Å². The van der Waals surface area contributed by atoms with Gasteiger partial charge in [-0.1, -0.05) is 23.7 Å². The Morgan fingerprint density at radius 1 is 1.09 bits per heavy atom. The van der Waals surface area contributed by atoms with Crippen molar-refractivity contribution < 1.29 is 9.32 Å². The van der Waals surface area contributed by atoms with Crippen molar-refractivity contribution in [1.82, 2.24) is 9.97 Å². The standard InChI is InChI=1S/C26H31ClN4O2S/c27-20-4-2-16(3-5-20)17-10-18-12-31(13-19(18)11-17)24-28-22-21(34(33)15-25(22)8-9-25)23(29-24)30-26(14-32)6-1-7-26/h2-5,17-19,32H,1,6-15H2,(H,28,29,30). The van der Waals surface area contributed by atoms with Crippen LogP contribution < -0.4 is 10.2 Å². The molecule has 2 aliphatic heterocycles. The minimum atomic E-state index is -1.07. The van der Waals surface area contributed by atoms with Crippen LogP contribution in [0.3, 0.4) is 0 Å². The van der Waals surface area contributed by atoms with E-state index in [1.165, 1.54) is 18.4 Å². The van der Waals surface area contributed by atoms with E-state index < -0.39 is 10.8 Å². The highest BCUT2D eigenvalue weighted by molar-refractivity contribution is 7.85. The molecule has 6 nitrogen and oxygen atoms in total. The van der Waals surface area contributed by atoms with Gasteiger partial charge in [-0.15, -0.1) is 0 Å². The van der Waals surface area contributed by atoms with Gasteiger partial charge in [-0.3, -0.25) is 4.21 Å². The Morgan fingerprint density at radius 2 is 1.79 bits per heavy atom. The van der Waals surface area contributed by atoms with Gasteiger partial charge >= 0.3 is 0 Å². The first-order valence-corrected chi connectivity index (χ1v) is 14.4. The molecule has 2 N–H and O–H groups in total. The van der Waals surface area contributed by atoms with Crippen LogP contribution in [0.2, 0.25) is 5.02 Å². The molecule has 1 aromatic heterocycles. The Balaban J connectivity index is 1.16. The lowest BCUT2D eigenvalue weighted by Crippen LogP contribution is -2.48. The lowest BCUT2D eigenvalue weighted by atomic mass is 9.77. The molecule has 3 atom stereocenters. The van der Waals surface area contributed by atoms with Gasteiger partial charge in [0.25, 0.3) is 0 Å². The zero-order chi connectivity index (χ0) is 23.1. The number of nitrogens with zero attached hydrogens (tertiary/aromatic N) is 3. The summed E-state index contributed by atoms with van der Waals surface area (Å²) >= 11 is 6.09. The Hall–Kier alpha value is -1.70. The Kier molecular flexibility index (Phi) is 4.85. The monoisotopic (exact) mass is 498 g/mol. The predicted molar refractivity (Wildman–Crippen MR) is 134 cm³/mol. The molecule has 7 rings (SSSR count). The number of fused-ring (bicyclic) bond motifs is 3. The molecule has 3 saturated carbocycles. The molecule has 4 fully saturated rings. The number of halogens is 1. The van der Waals surface area contributed by atoms with E-state index in [0.29, 0.717) is 29.3 Å². The van der Waals surface area contributed by atoms with E-state index in [1.54, 1.807) is 0 Å². The van der Waals surface area contributed by atoms with Crippen LogP contribution >= 0.6 is 11.6 Å². The van der Waals surface area contributed by atoms with E-state index >= 15 is 0 Å². The fraction of sp³-hybridized carbons (Fsp3) is 0.615. The molecule has 1 aromatic carbocycles. The Labute approximate surface area is 208 Å². The van der Waals surface area contributed by atoms with Crippen LogP contribution in [0.25, 0.3) is 0 Å². The molecule has 34 heavy (non-hydrogen) atoms. The number of aromatic nitrogens is 2. The molecule has 0 bridgehead atoms. The van der Waals surface area contributed by atoms with Crippen molar-refractivity contribution in [3.63, 3.8) is 0 Å². The fourth-order valence-electron chi connectivity index (χ4n) is 6.81. The second kappa shape index (κ2) is 7.65. The zero-order valence-electron chi connectivity index (χ0n) is 19.3. The molecular formula is C26H31ClN4O2S. The van der Waals surface area contributed by atoms with Crippen molar-refractivity contribution >= 4 is 34.2 Å². The van der Waals surface area contributed by atoms with Crippen molar-refractivity contribution in [1.29, 1.82) is 0 Å². The zero-order valence-corrected chi connectivity index (χ0v) is 20.9. The number of aliphatic hydroxyl groups is 1. The minimum absolute atomic E-state index is 0.00439. The molecule has 0 radical (unpaired) electrons. The molecule has 180 valence electrons. The highest BCUT2D eigenvalue weighted by Gasteiger charge is 2.55. The fourth-order valence-corrected chi connectivity index (χ4v) is 8.80. The van der Waals surface area contributed by atoms with Crippen molar-refractivity contribution in [2.75, 3.05) is 35.7 Å². The molecule has 1 spiro atoms. The summed E-state index contributed by atoms with van der Waals surface area (Å²) in [6.45, 7) is 2.04. The molecule has 8 heteroatoms. The summed E-state index contributed by atoms with van der Waals surface area (Å²) in [4.78, 5) is 13.2. The van der Waals surface area contributed by atoms with Crippen LogP contribution in [-0.4, -0.2) is 50.3 Å². The number of hydrogen-bond donors (Lipinski definition) is 2. The summed E-state index contributed by atoms with van der Waals surface area (Å²) in [5.74, 6) is 4.08. The second-order valence-corrected chi connectivity index (χ2v) is 13.2. The van der Waals surface area contributed by atoms with Gasteiger partial charge < -0.3 is 15.3 Å². The lowest BCUT2D eigenvalue weighted by molar-refractivity contribution is 0.143. The summed E-state index contributed by atoms with van der Waals surface area (Å²) in [5, 5.41) is 14.4. The summed E-state index contributed by atoms with van der Waals surface area (Å²) in [6.07, 6.45) is 7.48. The van der Waals surface area contributed by atoms with E-state index in [0.717, 1.165) is 66.8 Å². The van der Waals surface area contributed by atoms with E-state index in [2.05, 4.69) is 22.3 Å². The van der Waals surface area contributed by atoms with Crippen molar-refractivity contribution in [2.45, 2.75) is 66.7 Å². The lowest BCUT2D eigenvalue weighted by Gasteiger charge is -2.41. The van der Waals surface area contributed by atoms with Gasteiger partial charge in [-0.25, -0.2) is 4.98 Å². The number of nitrogens with one attached hydrogen (secondary N) is 1. The van der Waals surface area contributed by atoms with Crippen molar-refractivity contribution in [3.8, 4) is 0 Å². The van der Waals surface area contributed by atoms with Gasteiger partial charge in [0, 0.05) is 29.3 Å². The molecule has 3 aliphatic carbocycles. The normalized spacial score (nSPS) is 31.9. The van der Waals surface area contributed by atoms with E-state index in [4.69, 9.17) is 21.6 Å². The summed E-state index contributed by atoms with van der Waals surface area (Å²) in [6, 6.07) is 8.37. The maximum Gasteiger partial charge on any atom is 0.227 e. The first-order chi connectivity index (χ1) is 16.5. The molecular weight excluding hydrogens is 468 g/mol. The molecule has 3 unspecified atom stereocenters. The highest BCUT2D eigenvalue weighted by Crippen LogP contribution is 2.56. The van der Waals surface area contributed by atoms with Gasteiger partial charge in [0.15, 0.2) is 0 Å². The minimum Gasteiger partial charge on any atom is -0.394 e. The maximum atomic E-state index is 13.1. The van der Waals surface area contributed by atoms with Gasteiger partial charge in [0.05, 0.1) is 28.6 Å². The molecule has 5 aliphatic rings. The van der Waals surface area contributed by atoms with E-state index in [1.807, 2.05) is 12.1 Å². The van der Waals surface area contributed by atoms with E-state index in [-0.39, 0.29) is 17.6 Å². The molecule has 2 aromatic rings. The van der Waals surface area contributed by atoms with Crippen LogP contribution in [0.15, 0.2) is 29.2 Å². The van der Waals surface area contributed by atoms with Gasteiger partial charge in [0.2, 0.25) is 5.95 Å². The maximum absolute atomic E-state index is 13.1. The first kappa shape index (κ1) is 21.6. The van der Waals surface area contributed by atoms with Gasteiger partial charge in [-0.05, 0) is 80.4 Å². The number of hydrogen-bond acceptors (Lipinski definition) is 6. The third-order valence-electron chi connectivity index (χ3n) is 9.22. The van der Waals surface area contributed by atoms with Gasteiger partial charge in [0.1, 0.15) is 10.7 Å². The van der Waals surface area contributed by atoms with Gasteiger partial charge in [-0.2, -0.15) is 4.98 Å². The average molecular weight is 499 g/mol. The smallest absolute Gasteiger partial charge is 0.227 e. The van der Waals surface area contributed by atoms with Crippen LogP contribution in [0, 0.1) is 11.8 Å². The summed E-state index contributed by atoms with van der Waals surface area (Å²) < 4.78 is 13.1. The highest BCUT2D eigenvalue weighted by atomic mass is 35.5. The number of rotatable bonds is 5. The molecule has 1 saturated heterocycles. The molecule has 3 heterocycles. The summed E-state index contributed by atoms with van der Waals surface area (Å²) in [5.41, 5.74) is 2.09. The topological polar surface area (TPSA) is 78.4 Å². The Bertz CT molecular complexity index is 1140. The van der Waals surface area contributed by atoms with Crippen molar-refractivity contribution in [3.05, 3.63) is 40.5 Å². The third kappa shape index (κ3) is 3.34. The average Bonchev–Trinajstić information content (AvgIpc) is 3.16. The SMILES string of the molecule is O=S1CC2(CC2)c2nc(N3CC4CC(c5ccc(Cl)cc5)CC4C3)nc(NC3(CO)CCC3)c21. The quantitative estimate of drug-likeness (QED) is 0.642. The molecule has 0 amide bonds. The first-order valence-electron chi connectivity index (χ1n) is 12.7. The van der Waals surface area contributed by atoms with Crippen LogP contribution in [-0.2, 0) is 16.2 Å². The van der Waals surface area contributed by atoms with Crippen LogP contribution in [0.5, 0.6) is 0 Å².